The van der Waals surface area contributed by atoms with Gasteiger partial charge in [0.25, 0.3) is 5.91 Å². The predicted molar refractivity (Wildman–Crippen MR) is 104 cm³/mol. The lowest BCUT2D eigenvalue weighted by molar-refractivity contribution is 0.102. The fraction of sp³-hybridized carbons (Fsp3) is 0. The van der Waals surface area contributed by atoms with Crippen LogP contribution in [0.3, 0.4) is 0 Å². The zero-order valence-electron chi connectivity index (χ0n) is 13.7. The van der Waals surface area contributed by atoms with E-state index < -0.39 is 0 Å². The van der Waals surface area contributed by atoms with Crippen LogP contribution < -0.4 is 5.32 Å². The Kier molecular flexibility index (Phi) is 4.33. The Balaban J connectivity index is 1.74. The van der Waals surface area contributed by atoms with Gasteiger partial charge >= 0.3 is 0 Å². The molecule has 0 fully saturated rings. The van der Waals surface area contributed by atoms with Crippen molar-refractivity contribution >= 4 is 34.0 Å². The maximum absolute atomic E-state index is 12.4. The van der Waals surface area contributed by atoms with Gasteiger partial charge in [-0.15, -0.1) is 0 Å². The third kappa shape index (κ3) is 3.15. The van der Waals surface area contributed by atoms with Crippen molar-refractivity contribution in [2.75, 3.05) is 5.32 Å². The molecule has 5 heteroatoms. The number of rotatable bonds is 3. The third-order valence-electron chi connectivity index (χ3n) is 4.10. The summed E-state index contributed by atoms with van der Waals surface area (Å²) in [7, 11) is 0. The highest BCUT2D eigenvalue weighted by molar-refractivity contribution is 6.33. The number of benzene rings is 2. The second kappa shape index (κ2) is 6.94. The van der Waals surface area contributed by atoms with Gasteiger partial charge < -0.3 is 5.32 Å². The van der Waals surface area contributed by atoms with Crippen molar-refractivity contribution < 1.29 is 4.79 Å². The van der Waals surface area contributed by atoms with Crippen LogP contribution >= 0.6 is 11.6 Å². The first-order valence-corrected chi connectivity index (χ1v) is 8.45. The van der Waals surface area contributed by atoms with E-state index in [2.05, 4.69) is 15.3 Å². The predicted octanol–water partition coefficient (Wildman–Crippen LogP) is 5.20. The van der Waals surface area contributed by atoms with Gasteiger partial charge in [-0.2, -0.15) is 0 Å². The number of fused-ring (bicyclic) bond motifs is 1. The van der Waals surface area contributed by atoms with E-state index >= 15 is 0 Å². The fourth-order valence-corrected chi connectivity index (χ4v) is 3.03. The standard InChI is InChI=1S/C21H14ClN3O/c22-19-6-5-16(25-21(26)15-7-10-23-11-8-15)13-18(19)20-17-4-2-1-3-14(17)9-12-24-20/h1-13H,(H,25,26). The van der Waals surface area contributed by atoms with Crippen molar-refractivity contribution in [3.63, 3.8) is 0 Å². The first-order valence-electron chi connectivity index (χ1n) is 8.07. The number of halogens is 1. The van der Waals surface area contributed by atoms with Gasteiger partial charge in [0.2, 0.25) is 0 Å². The van der Waals surface area contributed by atoms with Gasteiger partial charge in [0.05, 0.1) is 10.7 Å². The second-order valence-electron chi connectivity index (χ2n) is 5.77. The van der Waals surface area contributed by atoms with Gasteiger partial charge in [0.1, 0.15) is 0 Å². The molecule has 0 spiro atoms. The highest BCUT2D eigenvalue weighted by atomic mass is 35.5. The van der Waals surface area contributed by atoms with Crippen LogP contribution in [-0.4, -0.2) is 15.9 Å². The molecule has 0 saturated heterocycles. The smallest absolute Gasteiger partial charge is 0.255 e. The van der Waals surface area contributed by atoms with Crippen molar-refractivity contribution in [2.45, 2.75) is 0 Å². The van der Waals surface area contributed by atoms with E-state index in [1.165, 1.54) is 0 Å². The molecular formula is C21H14ClN3O. The maximum Gasteiger partial charge on any atom is 0.255 e. The van der Waals surface area contributed by atoms with Crippen molar-refractivity contribution in [3.05, 3.63) is 89.8 Å². The summed E-state index contributed by atoms with van der Waals surface area (Å²) in [6.45, 7) is 0. The summed E-state index contributed by atoms with van der Waals surface area (Å²) in [5, 5.41) is 5.56. The Morgan fingerprint density at radius 1 is 0.923 bits per heavy atom. The number of nitrogens with one attached hydrogen (secondary N) is 1. The lowest BCUT2D eigenvalue weighted by Crippen LogP contribution is -2.11. The zero-order valence-corrected chi connectivity index (χ0v) is 14.4. The maximum atomic E-state index is 12.4. The van der Waals surface area contributed by atoms with Crippen LogP contribution in [0, 0.1) is 0 Å². The molecule has 1 amide bonds. The zero-order chi connectivity index (χ0) is 17.9. The molecule has 1 N–H and O–H groups in total. The van der Waals surface area contributed by atoms with Gasteiger partial charge in [-0.1, -0.05) is 35.9 Å². The normalized spacial score (nSPS) is 10.7. The summed E-state index contributed by atoms with van der Waals surface area (Å²) in [6, 6.07) is 18.7. The van der Waals surface area contributed by atoms with E-state index in [0.717, 1.165) is 22.0 Å². The molecule has 4 nitrogen and oxygen atoms in total. The Hall–Kier alpha value is -3.24. The number of hydrogen-bond acceptors (Lipinski definition) is 3. The van der Waals surface area contributed by atoms with Crippen LogP contribution in [0.1, 0.15) is 10.4 Å². The van der Waals surface area contributed by atoms with Crippen LogP contribution in [0.25, 0.3) is 22.0 Å². The Morgan fingerprint density at radius 2 is 1.73 bits per heavy atom. The molecule has 2 aromatic carbocycles. The number of carbonyl (C=O) groups excluding carboxylic acids is 1. The van der Waals surface area contributed by atoms with Crippen LogP contribution in [0.5, 0.6) is 0 Å². The Labute approximate surface area is 155 Å². The van der Waals surface area contributed by atoms with Crippen LogP contribution in [0.4, 0.5) is 5.69 Å². The number of aromatic nitrogens is 2. The Morgan fingerprint density at radius 3 is 2.58 bits per heavy atom. The van der Waals surface area contributed by atoms with Crippen LogP contribution in [0.15, 0.2) is 79.3 Å². The molecule has 0 radical (unpaired) electrons. The molecule has 2 aromatic heterocycles. The minimum absolute atomic E-state index is 0.202. The van der Waals surface area contributed by atoms with Crippen LogP contribution in [0.2, 0.25) is 5.02 Å². The van der Waals surface area contributed by atoms with E-state index in [4.69, 9.17) is 11.6 Å². The van der Waals surface area contributed by atoms with Gasteiger partial charge in [0, 0.05) is 40.8 Å². The van der Waals surface area contributed by atoms with E-state index in [1.807, 2.05) is 36.4 Å². The molecule has 4 aromatic rings. The van der Waals surface area contributed by atoms with Gasteiger partial charge in [-0.05, 0) is 41.8 Å². The lowest BCUT2D eigenvalue weighted by Gasteiger charge is -2.11. The molecule has 0 saturated carbocycles. The highest BCUT2D eigenvalue weighted by Crippen LogP contribution is 2.33. The van der Waals surface area contributed by atoms with E-state index in [-0.39, 0.29) is 5.91 Å². The second-order valence-corrected chi connectivity index (χ2v) is 6.17. The largest absolute Gasteiger partial charge is 0.322 e. The summed E-state index contributed by atoms with van der Waals surface area (Å²) in [5.74, 6) is -0.202. The SMILES string of the molecule is O=C(Nc1ccc(Cl)c(-c2nccc3ccccc23)c1)c1ccncc1. The summed E-state index contributed by atoms with van der Waals surface area (Å²) >= 11 is 6.42. The molecule has 126 valence electrons. The summed E-state index contributed by atoms with van der Waals surface area (Å²) < 4.78 is 0. The fourth-order valence-electron chi connectivity index (χ4n) is 2.83. The van der Waals surface area contributed by atoms with Gasteiger partial charge in [0.15, 0.2) is 0 Å². The number of nitrogens with zero attached hydrogens (tertiary/aromatic N) is 2. The summed E-state index contributed by atoms with van der Waals surface area (Å²) in [5.41, 5.74) is 2.75. The van der Waals surface area contributed by atoms with Gasteiger partial charge in [-0.3, -0.25) is 14.8 Å². The molecule has 2 heterocycles. The molecule has 0 aliphatic carbocycles. The molecular weight excluding hydrogens is 346 g/mol. The van der Waals surface area contributed by atoms with Crippen molar-refractivity contribution in [3.8, 4) is 11.3 Å². The topological polar surface area (TPSA) is 54.9 Å². The van der Waals surface area contributed by atoms with E-state index in [9.17, 15) is 4.79 Å². The first kappa shape index (κ1) is 16.2. The lowest BCUT2D eigenvalue weighted by atomic mass is 10.0. The average Bonchev–Trinajstić information content (AvgIpc) is 2.70. The van der Waals surface area contributed by atoms with Crippen molar-refractivity contribution in [1.29, 1.82) is 0 Å². The molecule has 0 bridgehead atoms. The number of hydrogen-bond donors (Lipinski definition) is 1. The quantitative estimate of drug-likeness (QED) is 0.546. The molecule has 0 unspecified atom stereocenters. The monoisotopic (exact) mass is 359 g/mol. The van der Waals surface area contributed by atoms with E-state index in [0.29, 0.717) is 16.3 Å². The molecule has 0 atom stereocenters. The molecule has 26 heavy (non-hydrogen) atoms. The summed E-state index contributed by atoms with van der Waals surface area (Å²) in [4.78, 5) is 20.8. The molecule has 0 aliphatic rings. The average molecular weight is 360 g/mol. The minimum Gasteiger partial charge on any atom is -0.322 e. The Bertz CT molecular complexity index is 1090. The number of carbonyl (C=O) groups is 1. The number of amides is 1. The first-order chi connectivity index (χ1) is 12.7. The summed E-state index contributed by atoms with van der Waals surface area (Å²) in [6.07, 6.45) is 4.93. The molecule has 4 rings (SSSR count). The minimum atomic E-state index is -0.202. The third-order valence-corrected chi connectivity index (χ3v) is 4.43. The number of anilines is 1. The van der Waals surface area contributed by atoms with E-state index in [1.54, 1.807) is 42.9 Å². The van der Waals surface area contributed by atoms with Crippen molar-refractivity contribution in [1.82, 2.24) is 9.97 Å². The van der Waals surface area contributed by atoms with Crippen LogP contribution in [-0.2, 0) is 0 Å². The molecule has 0 aliphatic heterocycles. The highest BCUT2D eigenvalue weighted by Gasteiger charge is 2.12. The van der Waals surface area contributed by atoms with Crippen molar-refractivity contribution in [2.24, 2.45) is 0 Å². The van der Waals surface area contributed by atoms with Gasteiger partial charge in [-0.25, -0.2) is 0 Å². The number of pyridine rings is 2.